The van der Waals surface area contributed by atoms with Crippen LogP contribution in [-0.2, 0) is 18.5 Å². The first-order valence-electron chi connectivity index (χ1n) is 9.33. The largest absolute Gasteiger partial charge is 0.318 e. The van der Waals surface area contributed by atoms with E-state index in [4.69, 9.17) is 0 Å². The van der Waals surface area contributed by atoms with Crippen molar-refractivity contribution in [3.8, 4) is 0 Å². The molecule has 3 aromatic rings. The van der Waals surface area contributed by atoms with Gasteiger partial charge in [-0.1, -0.05) is 37.3 Å². The van der Waals surface area contributed by atoms with Crippen LogP contribution in [0.15, 0.2) is 41.8 Å². The fourth-order valence-corrected chi connectivity index (χ4v) is 4.65. The first kappa shape index (κ1) is 17.4. The van der Waals surface area contributed by atoms with Gasteiger partial charge in [0, 0.05) is 12.0 Å². The summed E-state index contributed by atoms with van der Waals surface area (Å²) in [6, 6.07) is 13.3. The van der Waals surface area contributed by atoms with Gasteiger partial charge in [-0.25, -0.2) is 4.68 Å². The summed E-state index contributed by atoms with van der Waals surface area (Å²) in [5, 5.41) is 15.1. The summed E-state index contributed by atoms with van der Waals surface area (Å²) in [5.74, 6) is 0.980. The SMILES string of the molecule is CCC(C)(C)n1nnnc1[C@H](c1cccs1)[NH+]1CCc2ccccc2C1. The topological polar surface area (TPSA) is 48.0 Å². The Labute approximate surface area is 158 Å². The quantitative estimate of drug-likeness (QED) is 0.753. The summed E-state index contributed by atoms with van der Waals surface area (Å²) in [5.41, 5.74) is 2.83. The second-order valence-corrected chi connectivity index (χ2v) is 8.65. The lowest BCUT2D eigenvalue weighted by molar-refractivity contribution is -0.941. The number of nitrogens with zero attached hydrogens (tertiary/aromatic N) is 4. The number of fused-ring (bicyclic) bond motifs is 1. The lowest BCUT2D eigenvalue weighted by atomic mass is 9.97. The van der Waals surface area contributed by atoms with Gasteiger partial charge in [-0.05, 0) is 47.7 Å². The molecule has 0 radical (unpaired) electrons. The van der Waals surface area contributed by atoms with E-state index in [1.807, 2.05) is 4.68 Å². The van der Waals surface area contributed by atoms with Crippen molar-refractivity contribution in [1.82, 2.24) is 20.2 Å². The number of nitrogens with one attached hydrogen (secondary N) is 1. The van der Waals surface area contributed by atoms with E-state index >= 15 is 0 Å². The molecule has 5 nitrogen and oxygen atoms in total. The number of tetrazole rings is 1. The molecule has 0 saturated carbocycles. The van der Waals surface area contributed by atoms with Crippen molar-refractivity contribution in [2.45, 2.75) is 51.7 Å². The van der Waals surface area contributed by atoms with Crippen LogP contribution in [0.5, 0.6) is 0 Å². The number of aromatic nitrogens is 4. The minimum absolute atomic E-state index is 0.0958. The molecule has 0 amide bonds. The van der Waals surface area contributed by atoms with E-state index in [9.17, 15) is 0 Å². The van der Waals surface area contributed by atoms with Crippen LogP contribution >= 0.6 is 11.3 Å². The highest BCUT2D eigenvalue weighted by atomic mass is 32.1. The molecule has 2 atom stereocenters. The molecule has 136 valence electrons. The fraction of sp³-hybridized carbons (Fsp3) is 0.450. The fourth-order valence-electron chi connectivity index (χ4n) is 3.77. The average Bonchev–Trinajstić information content (AvgIpc) is 3.35. The van der Waals surface area contributed by atoms with Crippen molar-refractivity contribution < 1.29 is 4.90 Å². The Morgan fingerprint density at radius 3 is 2.73 bits per heavy atom. The van der Waals surface area contributed by atoms with Crippen LogP contribution in [-0.4, -0.2) is 26.8 Å². The van der Waals surface area contributed by atoms with Crippen LogP contribution in [0.4, 0.5) is 0 Å². The molecular formula is C20H26N5S+. The average molecular weight is 369 g/mol. The van der Waals surface area contributed by atoms with Crippen LogP contribution in [0, 0.1) is 0 Å². The normalized spacial score (nSPS) is 18.5. The van der Waals surface area contributed by atoms with E-state index in [0.29, 0.717) is 0 Å². The van der Waals surface area contributed by atoms with Gasteiger partial charge in [-0.15, -0.1) is 16.4 Å². The minimum atomic E-state index is -0.0958. The molecule has 0 spiro atoms. The highest BCUT2D eigenvalue weighted by Crippen LogP contribution is 2.27. The van der Waals surface area contributed by atoms with E-state index in [0.717, 1.165) is 31.8 Å². The molecule has 26 heavy (non-hydrogen) atoms. The second-order valence-electron chi connectivity index (χ2n) is 7.67. The van der Waals surface area contributed by atoms with E-state index in [1.165, 1.54) is 20.9 Å². The Kier molecular flexibility index (Phi) is 4.63. The van der Waals surface area contributed by atoms with E-state index in [1.54, 1.807) is 11.3 Å². The predicted molar refractivity (Wildman–Crippen MR) is 103 cm³/mol. The van der Waals surface area contributed by atoms with Gasteiger partial charge in [0.15, 0.2) is 6.04 Å². The summed E-state index contributed by atoms with van der Waals surface area (Å²) in [4.78, 5) is 2.86. The lowest BCUT2D eigenvalue weighted by Crippen LogP contribution is -3.12. The molecule has 4 rings (SSSR count). The Hall–Kier alpha value is -2.05. The Balaban J connectivity index is 1.76. The number of quaternary nitrogens is 1. The predicted octanol–water partition coefficient (Wildman–Crippen LogP) is 2.61. The highest BCUT2D eigenvalue weighted by Gasteiger charge is 2.37. The molecule has 1 N–H and O–H groups in total. The molecule has 3 heterocycles. The summed E-state index contributed by atoms with van der Waals surface area (Å²) in [6.45, 7) is 8.71. The van der Waals surface area contributed by atoms with Crippen molar-refractivity contribution in [3.05, 3.63) is 63.6 Å². The molecule has 0 fully saturated rings. The maximum absolute atomic E-state index is 4.51. The lowest BCUT2D eigenvalue weighted by Gasteiger charge is -2.33. The number of hydrogen-bond acceptors (Lipinski definition) is 4. The number of rotatable bonds is 5. The zero-order chi connectivity index (χ0) is 18.1. The zero-order valence-electron chi connectivity index (χ0n) is 15.6. The van der Waals surface area contributed by atoms with Gasteiger partial charge in [0.1, 0.15) is 6.54 Å². The van der Waals surface area contributed by atoms with Gasteiger partial charge >= 0.3 is 0 Å². The summed E-state index contributed by atoms with van der Waals surface area (Å²) in [6.07, 6.45) is 2.09. The van der Waals surface area contributed by atoms with Crippen LogP contribution < -0.4 is 4.90 Å². The van der Waals surface area contributed by atoms with Gasteiger partial charge in [0.25, 0.3) is 0 Å². The van der Waals surface area contributed by atoms with Gasteiger partial charge in [0.2, 0.25) is 5.82 Å². The molecular weight excluding hydrogens is 342 g/mol. The first-order chi connectivity index (χ1) is 12.6. The molecule has 0 saturated heterocycles. The maximum Gasteiger partial charge on any atom is 0.215 e. The molecule has 0 aliphatic carbocycles. The van der Waals surface area contributed by atoms with Crippen molar-refractivity contribution in [2.24, 2.45) is 0 Å². The van der Waals surface area contributed by atoms with Crippen molar-refractivity contribution >= 4 is 11.3 Å². The Bertz CT molecular complexity index is 868. The molecule has 6 heteroatoms. The minimum Gasteiger partial charge on any atom is -0.318 e. The van der Waals surface area contributed by atoms with E-state index in [2.05, 4.69) is 78.1 Å². The molecule has 1 unspecified atom stereocenters. The van der Waals surface area contributed by atoms with E-state index < -0.39 is 0 Å². The van der Waals surface area contributed by atoms with Crippen LogP contribution in [0.1, 0.15) is 55.1 Å². The van der Waals surface area contributed by atoms with Crippen molar-refractivity contribution in [3.63, 3.8) is 0 Å². The van der Waals surface area contributed by atoms with Gasteiger partial charge in [-0.3, -0.25) is 0 Å². The molecule has 1 aliphatic rings. The zero-order valence-corrected chi connectivity index (χ0v) is 16.5. The van der Waals surface area contributed by atoms with Gasteiger partial charge < -0.3 is 4.90 Å². The standard InChI is InChI=1S/C20H25N5S/c1-4-20(2,3)25-19(21-22-23-25)18(17-10-7-13-26-17)24-12-11-15-8-5-6-9-16(15)14-24/h5-10,13,18H,4,11-12,14H2,1-3H3/p+1/t18-/m0/s1. The number of thiophene rings is 1. The Morgan fingerprint density at radius 2 is 2.00 bits per heavy atom. The molecule has 2 aromatic heterocycles. The maximum atomic E-state index is 4.51. The first-order valence-corrected chi connectivity index (χ1v) is 10.2. The third-order valence-corrected chi connectivity index (χ3v) is 6.61. The highest BCUT2D eigenvalue weighted by molar-refractivity contribution is 7.10. The van der Waals surface area contributed by atoms with Gasteiger partial charge in [-0.2, -0.15) is 0 Å². The van der Waals surface area contributed by atoms with Gasteiger partial charge in [0.05, 0.1) is 17.0 Å². The van der Waals surface area contributed by atoms with Crippen LogP contribution in [0.25, 0.3) is 0 Å². The third-order valence-electron chi connectivity index (χ3n) is 5.68. The van der Waals surface area contributed by atoms with Crippen LogP contribution in [0.2, 0.25) is 0 Å². The smallest absolute Gasteiger partial charge is 0.215 e. The number of benzene rings is 1. The third kappa shape index (κ3) is 3.08. The summed E-state index contributed by atoms with van der Waals surface area (Å²) in [7, 11) is 0. The van der Waals surface area contributed by atoms with Crippen molar-refractivity contribution in [2.75, 3.05) is 6.54 Å². The Morgan fingerprint density at radius 1 is 1.19 bits per heavy atom. The monoisotopic (exact) mass is 368 g/mol. The second kappa shape index (κ2) is 6.93. The molecule has 0 bridgehead atoms. The summed E-state index contributed by atoms with van der Waals surface area (Å²) < 4.78 is 2.05. The van der Waals surface area contributed by atoms with E-state index in [-0.39, 0.29) is 11.6 Å². The molecule has 1 aliphatic heterocycles. The number of hydrogen-bond donors (Lipinski definition) is 1. The molecule has 1 aromatic carbocycles. The summed E-state index contributed by atoms with van der Waals surface area (Å²) >= 11 is 1.80. The van der Waals surface area contributed by atoms with Crippen molar-refractivity contribution in [1.29, 1.82) is 0 Å². The van der Waals surface area contributed by atoms with Crippen LogP contribution in [0.3, 0.4) is 0 Å².